The molecule has 104 valence electrons. The third-order valence-corrected chi connectivity index (χ3v) is 4.59. The molecule has 0 bridgehead atoms. The Labute approximate surface area is 121 Å². The first-order valence-corrected chi connectivity index (χ1v) is 7.43. The molecule has 0 amide bonds. The lowest BCUT2D eigenvalue weighted by atomic mass is 9.79. The van der Waals surface area contributed by atoms with Crippen molar-refractivity contribution in [2.75, 3.05) is 0 Å². The van der Waals surface area contributed by atoms with Gasteiger partial charge >= 0.3 is 0 Å². The summed E-state index contributed by atoms with van der Waals surface area (Å²) in [5.74, 6) is 0.349. The SMILES string of the molecule is Cc1ccc(C(N)C2CCCc3cccnc32)cc1C. The van der Waals surface area contributed by atoms with Gasteiger partial charge in [0.2, 0.25) is 0 Å². The lowest BCUT2D eigenvalue weighted by molar-refractivity contribution is 0.462. The highest BCUT2D eigenvalue weighted by Gasteiger charge is 2.27. The number of nitrogens with two attached hydrogens (primary N) is 1. The first kappa shape index (κ1) is 13.3. The average molecular weight is 266 g/mol. The first-order valence-electron chi connectivity index (χ1n) is 7.43. The van der Waals surface area contributed by atoms with Crippen molar-refractivity contribution in [3.8, 4) is 0 Å². The highest BCUT2D eigenvalue weighted by molar-refractivity contribution is 5.35. The summed E-state index contributed by atoms with van der Waals surface area (Å²) in [6, 6.07) is 10.8. The molecule has 20 heavy (non-hydrogen) atoms. The zero-order valence-electron chi connectivity index (χ0n) is 12.3. The molecule has 2 aromatic rings. The van der Waals surface area contributed by atoms with E-state index >= 15 is 0 Å². The Bertz CT molecular complexity index is 619. The van der Waals surface area contributed by atoms with Crippen LogP contribution in [0.15, 0.2) is 36.5 Å². The van der Waals surface area contributed by atoms with E-state index in [9.17, 15) is 0 Å². The Morgan fingerprint density at radius 3 is 2.85 bits per heavy atom. The molecule has 0 spiro atoms. The maximum Gasteiger partial charge on any atom is 0.0485 e. The Morgan fingerprint density at radius 1 is 1.20 bits per heavy atom. The van der Waals surface area contributed by atoms with E-state index in [1.165, 1.54) is 34.4 Å². The molecule has 0 radical (unpaired) electrons. The molecule has 2 atom stereocenters. The highest BCUT2D eigenvalue weighted by Crippen LogP contribution is 2.38. The summed E-state index contributed by atoms with van der Waals surface area (Å²) in [5.41, 5.74) is 13.0. The summed E-state index contributed by atoms with van der Waals surface area (Å²) < 4.78 is 0. The molecular weight excluding hydrogens is 244 g/mol. The van der Waals surface area contributed by atoms with Gasteiger partial charge in [-0.1, -0.05) is 24.3 Å². The average Bonchev–Trinajstić information content (AvgIpc) is 2.49. The molecular formula is C18H22N2. The van der Waals surface area contributed by atoms with Crippen LogP contribution >= 0.6 is 0 Å². The predicted octanol–water partition coefficient (Wildman–Crippen LogP) is 3.82. The normalized spacial score (nSPS) is 19.4. The molecule has 2 N–H and O–H groups in total. The van der Waals surface area contributed by atoms with Crippen LogP contribution in [-0.2, 0) is 6.42 Å². The van der Waals surface area contributed by atoms with Gasteiger partial charge in [0, 0.05) is 23.9 Å². The number of pyridine rings is 1. The van der Waals surface area contributed by atoms with Crippen LogP contribution < -0.4 is 5.73 Å². The molecule has 0 fully saturated rings. The number of benzene rings is 1. The van der Waals surface area contributed by atoms with Crippen molar-refractivity contribution < 1.29 is 0 Å². The van der Waals surface area contributed by atoms with Gasteiger partial charge in [-0.15, -0.1) is 0 Å². The molecule has 1 aromatic carbocycles. The number of nitrogens with zero attached hydrogens (tertiary/aromatic N) is 1. The van der Waals surface area contributed by atoms with Crippen LogP contribution in [0.2, 0.25) is 0 Å². The molecule has 1 aliphatic rings. The van der Waals surface area contributed by atoms with E-state index in [1.807, 2.05) is 12.3 Å². The Morgan fingerprint density at radius 2 is 2.05 bits per heavy atom. The van der Waals surface area contributed by atoms with Gasteiger partial charge < -0.3 is 5.73 Å². The van der Waals surface area contributed by atoms with Crippen LogP contribution in [0.4, 0.5) is 0 Å². The van der Waals surface area contributed by atoms with Gasteiger partial charge in [0.15, 0.2) is 0 Å². The van der Waals surface area contributed by atoms with Crippen molar-refractivity contribution >= 4 is 0 Å². The predicted molar refractivity (Wildman–Crippen MR) is 82.8 cm³/mol. The topological polar surface area (TPSA) is 38.9 Å². The molecule has 2 heteroatoms. The van der Waals surface area contributed by atoms with Gasteiger partial charge in [-0.05, 0) is 61.4 Å². The Kier molecular flexibility index (Phi) is 3.58. The third-order valence-electron chi connectivity index (χ3n) is 4.59. The Hall–Kier alpha value is -1.67. The van der Waals surface area contributed by atoms with Gasteiger partial charge in [0.25, 0.3) is 0 Å². The summed E-state index contributed by atoms with van der Waals surface area (Å²) in [5, 5.41) is 0. The van der Waals surface area contributed by atoms with E-state index in [0.29, 0.717) is 5.92 Å². The van der Waals surface area contributed by atoms with Crippen LogP contribution in [0.5, 0.6) is 0 Å². The second-order valence-electron chi connectivity index (χ2n) is 5.92. The number of aryl methyl sites for hydroxylation is 3. The van der Waals surface area contributed by atoms with Gasteiger partial charge in [0.1, 0.15) is 0 Å². The molecule has 1 aromatic heterocycles. The second-order valence-corrected chi connectivity index (χ2v) is 5.92. The summed E-state index contributed by atoms with van der Waals surface area (Å²) >= 11 is 0. The summed E-state index contributed by atoms with van der Waals surface area (Å²) in [6.45, 7) is 4.29. The fraction of sp³-hybridized carbons (Fsp3) is 0.389. The van der Waals surface area contributed by atoms with Gasteiger partial charge in [0.05, 0.1) is 0 Å². The van der Waals surface area contributed by atoms with Crippen LogP contribution in [0.1, 0.15) is 52.7 Å². The molecule has 0 saturated carbocycles. The van der Waals surface area contributed by atoms with E-state index in [4.69, 9.17) is 5.73 Å². The standard InChI is InChI=1S/C18H22N2/c1-12-8-9-15(11-13(12)2)17(19)16-7-3-5-14-6-4-10-20-18(14)16/h4,6,8-11,16-17H,3,5,7,19H2,1-2H3. The highest BCUT2D eigenvalue weighted by atomic mass is 14.7. The molecule has 2 nitrogen and oxygen atoms in total. The molecule has 1 heterocycles. The lowest BCUT2D eigenvalue weighted by Gasteiger charge is -2.29. The second kappa shape index (κ2) is 5.37. The Balaban J connectivity index is 1.95. The summed E-state index contributed by atoms with van der Waals surface area (Å²) in [7, 11) is 0. The van der Waals surface area contributed by atoms with Gasteiger partial charge in [-0.2, -0.15) is 0 Å². The van der Waals surface area contributed by atoms with Crippen LogP contribution in [-0.4, -0.2) is 4.98 Å². The number of fused-ring (bicyclic) bond motifs is 1. The maximum atomic E-state index is 6.56. The monoisotopic (exact) mass is 266 g/mol. The number of aromatic nitrogens is 1. The minimum atomic E-state index is 0.0447. The molecule has 2 unspecified atom stereocenters. The molecule has 1 aliphatic carbocycles. The van der Waals surface area contributed by atoms with Crippen molar-refractivity contribution in [2.24, 2.45) is 5.73 Å². The van der Waals surface area contributed by atoms with Gasteiger partial charge in [-0.25, -0.2) is 0 Å². The lowest BCUT2D eigenvalue weighted by Crippen LogP contribution is -2.24. The third kappa shape index (κ3) is 2.36. The molecule has 0 aliphatic heterocycles. The van der Waals surface area contributed by atoms with E-state index in [-0.39, 0.29) is 6.04 Å². The van der Waals surface area contributed by atoms with Crippen LogP contribution in [0, 0.1) is 13.8 Å². The van der Waals surface area contributed by atoms with Crippen LogP contribution in [0.25, 0.3) is 0 Å². The zero-order chi connectivity index (χ0) is 14.1. The van der Waals surface area contributed by atoms with Crippen LogP contribution in [0.3, 0.4) is 0 Å². The van der Waals surface area contributed by atoms with E-state index in [1.54, 1.807) is 0 Å². The fourth-order valence-corrected chi connectivity index (χ4v) is 3.20. The van der Waals surface area contributed by atoms with E-state index in [2.05, 4.69) is 43.1 Å². The quantitative estimate of drug-likeness (QED) is 0.897. The maximum absolute atomic E-state index is 6.56. The fourth-order valence-electron chi connectivity index (χ4n) is 3.20. The van der Waals surface area contributed by atoms with Crippen molar-refractivity contribution in [1.82, 2.24) is 4.98 Å². The molecule has 0 saturated heterocycles. The summed E-state index contributed by atoms with van der Waals surface area (Å²) in [6.07, 6.45) is 5.38. The van der Waals surface area contributed by atoms with E-state index < -0.39 is 0 Å². The summed E-state index contributed by atoms with van der Waals surface area (Å²) in [4.78, 5) is 4.61. The minimum absolute atomic E-state index is 0.0447. The largest absolute Gasteiger partial charge is 0.323 e. The van der Waals surface area contributed by atoms with Crippen molar-refractivity contribution in [2.45, 2.75) is 45.1 Å². The number of rotatable bonds is 2. The van der Waals surface area contributed by atoms with E-state index in [0.717, 1.165) is 12.8 Å². The van der Waals surface area contributed by atoms with Crippen molar-refractivity contribution in [3.05, 3.63) is 64.5 Å². The molecule has 3 rings (SSSR count). The smallest absolute Gasteiger partial charge is 0.0485 e. The number of hydrogen-bond acceptors (Lipinski definition) is 2. The minimum Gasteiger partial charge on any atom is -0.323 e. The number of hydrogen-bond donors (Lipinski definition) is 1. The first-order chi connectivity index (χ1) is 9.66. The zero-order valence-corrected chi connectivity index (χ0v) is 12.3. The van der Waals surface area contributed by atoms with Crippen molar-refractivity contribution in [3.63, 3.8) is 0 Å². The van der Waals surface area contributed by atoms with Crippen molar-refractivity contribution in [1.29, 1.82) is 0 Å². The van der Waals surface area contributed by atoms with Gasteiger partial charge in [-0.3, -0.25) is 4.98 Å².